The van der Waals surface area contributed by atoms with Crippen LogP contribution in [0.4, 0.5) is 0 Å². The maximum Gasteiger partial charge on any atom is 0.328 e. The van der Waals surface area contributed by atoms with Crippen molar-refractivity contribution in [1.82, 2.24) is 4.98 Å². The highest BCUT2D eigenvalue weighted by atomic mass is 16.4. The Morgan fingerprint density at radius 2 is 2.22 bits per heavy atom. The van der Waals surface area contributed by atoms with Crippen LogP contribution in [0.25, 0.3) is 17.0 Å². The molecular formula is C15H15NO2. The van der Waals surface area contributed by atoms with Crippen LogP contribution in [-0.2, 0) is 11.2 Å². The maximum absolute atomic E-state index is 10.5. The van der Waals surface area contributed by atoms with Gasteiger partial charge >= 0.3 is 5.97 Å². The van der Waals surface area contributed by atoms with Gasteiger partial charge < -0.3 is 5.11 Å². The molecule has 0 aliphatic carbocycles. The van der Waals surface area contributed by atoms with E-state index in [1.807, 2.05) is 25.1 Å². The van der Waals surface area contributed by atoms with Gasteiger partial charge in [-0.2, -0.15) is 0 Å². The van der Waals surface area contributed by atoms with E-state index >= 15 is 0 Å². The number of pyridine rings is 1. The maximum atomic E-state index is 10.5. The summed E-state index contributed by atoms with van der Waals surface area (Å²) in [6.07, 6.45) is 3.55. The summed E-state index contributed by atoms with van der Waals surface area (Å²) >= 11 is 0. The van der Waals surface area contributed by atoms with Crippen LogP contribution in [0.15, 0.2) is 30.3 Å². The molecule has 0 amide bonds. The van der Waals surface area contributed by atoms with E-state index < -0.39 is 5.97 Å². The summed E-state index contributed by atoms with van der Waals surface area (Å²) < 4.78 is 0. The third-order valence-electron chi connectivity index (χ3n) is 2.93. The van der Waals surface area contributed by atoms with E-state index in [0.29, 0.717) is 5.69 Å². The number of hydrogen-bond acceptors (Lipinski definition) is 2. The Hall–Kier alpha value is -2.16. The van der Waals surface area contributed by atoms with Gasteiger partial charge in [0.15, 0.2) is 0 Å². The molecule has 0 saturated carbocycles. The van der Waals surface area contributed by atoms with Crippen LogP contribution in [-0.4, -0.2) is 16.1 Å². The lowest BCUT2D eigenvalue weighted by atomic mass is 10.0. The fourth-order valence-electron chi connectivity index (χ4n) is 2.03. The molecule has 2 aromatic rings. The zero-order valence-corrected chi connectivity index (χ0v) is 10.5. The van der Waals surface area contributed by atoms with Crippen molar-refractivity contribution in [3.05, 3.63) is 47.2 Å². The fraction of sp³-hybridized carbons (Fsp3) is 0.200. The molecule has 0 radical (unpaired) electrons. The Morgan fingerprint density at radius 3 is 2.89 bits per heavy atom. The average Bonchev–Trinajstić information content (AvgIpc) is 2.36. The number of nitrogens with zero attached hydrogens (tertiary/aromatic N) is 1. The first kappa shape index (κ1) is 12.3. The Kier molecular flexibility index (Phi) is 3.42. The number of benzene rings is 1. The molecule has 1 aromatic carbocycles. The summed E-state index contributed by atoms with van der Waals surface area (Å²) in [5.41, 5.74) is 3.94. The third-order valence-corrected chi connectivity index (χ3v) is 2.93. The lowest BCUT2D eigenvalue weighted by molar-refractivity contribution is -0.131. The number of carboxylic acids is 1. The zero-order valence-electron chi connectivity index (χ0n) is 10.5. The normalized spacial score (nSPS) is 11.2. The highest BCUT2D eigenvalue weighted by Crippen LogP contribution is 2.22. The van der Waals surface area contributed by atoms with Crippen molar-refractivity contribution in [3.8, 4) is 0 Å². The zero-order chi connectivity index (χ0) is 13.1. The minimum Gasteiger partial charge on any atom is -0.478 e. The van der Waals surface area contributed by atoms with E-state index in [9.17, 15) is 4.79 Å². The van der Waals surface area contributed by atoms with Crippen molar-refractivity contribution in [3.63, 3.8) is 0 Å². The summed E-state index contributed by atoms with van der Waals surface area (Å²) in [5.74, 6) is -0.960. The molecule has 0 spiro atoms. The van der Waals surface area contributed by atoms with Crippen LogP contribution in [0.3, 0.4) is 0 Å². The van der Waals surface area contributed by atoms with E-state index in [1.165, 1.54) is 11.6 Å². The molecule has 0 bridgehead atoms. The molecule has 92 valence electrons. The van der Waals surface area contributed by atoms with Crippen molar-refractivity contribution in [2.24, 2.45) is 0 Å². The topological polar surface area (TPSA) is 50.2 Å². The Labute approximate surface area is 106 Å². The number of rotatable bonds is 3. The second-order valence-electron chi connectivity index (χ2n) is 4.20. The van der Waals surface area contributed by atoms with Crippen molar-refractivity contribution < 1.29 is 9.90 Å². The molecule has 0 aliphatic rings. The van der Waals surface area contributed by atoms with Gasteiger partial charge in [-0.3, -0.25) is 0 Å². The molecule has 1 aromatic heterocycles. The average molecular weight is 241 g/mol. The number of aliphatic carboxylic acids is 1. The highest BCUT2D eigenvalue weighted by Gasteiger charge is 2.04. The van der Waals surface area contributed by atoms with E-state index in [-0.39, 0.29) is 0 Å². The standard InChI is InChI=1S/C15H15NO2/c1-3-11-5-4-6-13-10(2)9-12(16-15(11)13)7-8-14(17)18/h4-9H,3H2,1-2H3,(H,17,18)/b8-7+. The summed E-state index contributed by atoms with van der Waals surface area (Å²) in [7, 11) is 0. The van der Waals surface area contributed by atoms with Gasteiger partial charge in [-0.15, -0.1) is 0 Å². The monoisotopic (exact) mass is 241 g/mol. The summed E-state index contributed by atoms with van der Waals surface area (Å²) in [6.45, 7) is 4.10. The van der Waals surface area contributed by atoms with Gasteiger partial charge in [0.1, 0.15) is 0 Å². The molecule has 1 heterocycles. The van der Waals surface area contributed by atoms with Gasteiger partial charge in [0.25, 0.3) is 0 Å². The molecule has 0 aliphatic heterocycles. The molecular weight excluding hydrogens is 226 g/mol. The molecule has 1 N–H and O–H groups in total. The first-order valence-corrected chi connectivity index (χ1v) is 5.92. The van der Waals surface area contributed by atoms with E-state index in [1.54, 1.807) is 0 Å². The van der Waals surface area contributed by atoms with E-state index in [0.717, 1.165) is 29.0 Å². The molecule has 18 heavy (non-hydrogen) atoms. The van der Waals surface area contributed by atoms with Crippen LogP contribution < -0.4 is 0 Å². The van der Waals surface area contributed by atoms with Gasteiger partial charge in [0.2, 0.25) is 0 Å². The fourth-order valence-corrected chi connectivity index (χ4v) is 2.03. The second kappa shape index (κ2) is 5.00. The Bertz CT molecular complexity index is 630. The number of carbonyl (C=O) groups is 1. The molecule has 3 heteroatoms. The van der Waals surface area contributed by atoms with Gasteiger partial charge in [0, 0.05) is 11.5 Å². The number of aromatic nitrogens is 1. The molecule has 0 saturated heterocycles. The van der Waals surface area contributed by atoms with Crippen molar-refractivity contribution >= 4 is 22.9 Å². The minimum absolute atomic E-state index is 0.684. The van der Waals surface area contributed by atoms with Gasteiger partial charge in [-0.1, -0.05) is 25.1 Å². The first-order valence-electron chi connectivity index (χ1n) is 5.92. The number of hydrogen-bond donors (Lipinski definition) is 1. The number of para-hydroxylation sites is 1. The lowest BCUT2D eigenvalue weighted by Gasteiger charge is -2.07. The van der Waals surface area contributed by atoms with Crippen LogP contribution in [0.1, 0.15) is 23.7 Å². The van der Waals surface area contributed by atoms with Crippen LogP contribution >= 0.6 is 0 Å². The predicted molar refractivity (Wildman–Crippen MR) is 72.5 cm³/mol. The minimum atomic E-state index is -0.960. The largest absolute Gasteiger partial charge is 0.478 e. The summed E-state index contributed by atoms with van der Waals surface area (Å²) in [5, 5.41) is 9.77. The first-order chi connectivity index (χ1) is 8.61. The predicted octanol–water partition coefficient (Wildman–Crippen LogP) is 3.20. The number of fused-ring (bicyclic) bond motifs is 1. The molecule has 0 atom stereocenters. The van der Waals surface area contributed by atoms with Gasteiger partial charge in [0.05, 0.1) is 11.2 Å². The third kappa shape index (κ3) is 2.40. The second-order valence-corrected chi connectivity index (χ2v) is 4.20. The SMILES string of the molecule is CCc1cccc2c(C)cc(/C=C/C(=O)O)nc12. The van der Waals surface area contributed by atoms with Crippen molar-refractivity contribution in [2.75, 3.05) is 0 Å². The van der Waals surface area contributed by atoms with Crippen LogP contribution in [0, 0.1) is 6.92 Å². The molecule has 3 nitrogen and oxygen atoms in total. The smallest absolute Gasteiger partial charge is 0.328 e. The summed E-state index contributed by atoms with van der Waals surface area (Å²) in [6, 6.07) is 8.03. The quantitative estimate of drug-likeness (QED) is 0.839. The summed E-state index contributed by atoms with van der Waals surface area (Å²) in [4.78, 5) is 15.1. The van der Waals surface area contributed by atoms with E-state index in [2.05, 4.69) is 18.0 Å². The number of carboxylic acid groups (broad SMARTS) is 1. The molecule has 0 fully saturated rings. The van der Waals surface area contributed by atoms with Crippen LogP contribution in [0.2, 0.25) is 0 Å². The van der Waals surface area contributed by atoms with Crippen molar-refractivity contribution in [2.45, 2.75) is 20.3 Å². The van der Waals surface area contributed by atoms with Crippen LogP contribution in [0.5, 0.6) is 0 Å². The molecule has 2 rings (SSSR count). The molecule has 0 unspecified atom stereocenters. The van der Waals surface area contributed by atoms with Gasteiger partial charge in [-0.05, 0) is 36.6 Å². The number of aryl methyl sites for hydroxylation is 2. The van der Waals surface area contributed by atoms with E-state index in [4.69, 9.17) is 5.11 Å². The van der Waals surface area contributed by atoms with Crippen molar-refractivity contribution in [1.29, 1.82) is 0 Å². The Morgan fingerprint density at radius 1 is 1.44 bits per heavy atom. The van der Waals surface area contributed by atoms with Gasteiger partial charge in [-0.25, -0.2) is 9.78 Å². The lowest BCUT2D eigenvalue weighted by Crippen LogP contribution is -1.93. The highest BCUT2D eigenvalue weighted by molar-refractivity contribution is 5.88. The Balaban J connectivity index is 2.63.